The summed E-state index contributed by atoms with van der Waals surface area (Å²) < 4.78 is 49.0. The number of nitrogens with one attached hydrogen (secondary N) is 1. The van der Waals surface area contributed by atoms with Crippen molar-refractivity contribution in [1.29, 1.82) is 0 Å². The Hall–Kier alpha value is -4.84. The molecule has 0 saturated carbocycles. The van der Waals surface area contributed by atoms with Crippen LogP contribution in [0.3, 0.4) is 0 Å². The smallest absolute Gasteiger partial charge is 0.169 e. The molecule has 0 amide bonds. The summed E-state index contributed by atoms with van der Waals surface area (Å²) in [7, 11) is 6.57. The van der Waals surface area contributed by atoms with Gasteiger partial charge in [0.25, 0.3) is 0 Å². The molecule has 0 atom stereocenters. The van der Waals surface area contributed by atoms with Crippen LogP contribution in [0, 0.1) is 0 Å². The number of halogens is 3. The minimum atomic E-state index is -0.175. The molecule has 2 aromatic heterocycles. The van der Waals surface area contributed by atoms with E-state index in [2.05, 4.69) is 92.1 Å². The SMILES string of the molecule is C.COC(CBr)OC.COC(CN1CCN(CCOc2ccc(Oc3c(-c4ccc(Br)cc4)sc4cc(O)ccc34)cc2)CC1)OC.Oc1ccc2c(Oc3ccc(OCCN4CCNCC4)cc3)c(-c3ccc(Br)cc3)sc2c1. The molecule has 0 spiro atoms. The molecule has 0 radical (unpaired) electrons. The van der Waals surface area contributed by atoms with Crippen LogP contribution in [-0.2, 0) is 18.9 Å². The summed E-state index contributed by atoms with van der Waals surface area (Å²) in [5.41, 5.74) is 2.13. The van der Waals surface area contributed by atoms with Gasteiger partial charge >= 0.3 is 0 Å². The predicted molar refractivity (Wildman–Crippen MR) is 336 cm³/mol. The molecule has 19 heteroatoms. The highest BCUT2D eigenvalue weighted by atomic mass is 79.9. The highest BCUT2D eigenvalue weighted by Gasteiger charge is 2.22. The third kappa shape index (κ3) is 18.1. The third-order valence-electron chi connectivity index (χ3n) is 13.2. The maximum absolute atomic E-state index is 10.0. The van der Waals surface area contributed by atoms with Gasteiger partial charge in [-0.3, -0.25) is 14.7 Å². The molecule has 2 saturated heterocycles. The normalized spacial score (nSPS) is 14.1. The van der Waals surface area contributed by atoms with Gasteiger partial charge < -0.3 is 53.4 Å². The van der Waals surface area contributed by atoms with Crippen molar-refractivity contribution < 1.29 is 48.1 Å². The van der Waals surface area contributed by atoms with Crippen molar-refractivity contribution in [2.75, 3.05) is 119 Å². The van der Waals surface area contributed by atoms with Crippen molar-refractivity contribution in [3.05, 3.63) is 142 Å². The van der Waals surface area contributed by atoms with Crippen molar-refractivity contribution in [2.45, 2.75) is 20.0 Å². The molecule has 3 N–H and O–H groups in total. The molecule has 2 aliphatic heterocycles. The Kier molecular flexibility index (Phi) is 25.2. The van der Waals surface area contributed by atoms with E-state index in [1.54, 1.807) is 75.4 Å². The Morgan fingerprint density at radius 2 is 0.887 bits per heavy atom. The maximum atomic E-state index is 10.0. The van der Waals surface area contributed by atoms with Gasteiger partial charge in [0.2, 0.25) is 0 Å². The van der Waals surface area contributed by atoms with Gasteiger partial charge in [0.05, 0.1) is 15.1 Å². The lowest BCUT2D eigenvalue weighted by Crippen LogP contribution is -2.49. The van der Waals surface area contributed by atoms with Crippen molar-refractivity contribution >= 4 is 90.6 Å². The molecule has 2 fully saturated rings. The Morgan fingerprint density at radius 3 is 1.27 bits per heavy atom. The average molecular weight is 1320 g/mol. The summed E-state index contributed by atoms with van der Waals surface area (Å²) in [6.45, 7) is 12.1. The largest absolute Gasteiger partial charge is 0.508 e. The molecule has 0 bridgehead atoms. The number of thiophene rings is 2. The van der Waals surface area contributed by atoms with Gasteiger partial charge in [-0.1, -0.05) is 79.5 Å². The first kappa shape index (κ1) is 62.8. The molecule has 80 heavy (non-hydrogen) atoms. The zero-order valence-electron chi connectivity index (χ0n) is 44.7. The van der Waals surface area contributed by atoms with Gasteiger partial charge in [0.1, 0.15) is 47.7 Å². The molecule has 4 heterocycles. The van der Waals surface area contributed by atoms with Crippen LogP contribution in [0.2, 0.25) is 0 Å². The number of benzene rings is 6. The standard InChI is InChI=1S/C30H33BrN2O5S.C26H25BrN2O3S.C4H9BrO2.CH4/c1-35-28(36-2)20-33-15-13-32(14-16-33)17-18-37-24-8-10-25(11-9-24)38-29-26-12-7-23(34)19-27(26)39-30(29)21-3-5-22(31)6-4-21;27-19-3-1-18(2-4-19)26-25(23-10-5-20(30)17-24(23)33-26)32-22-8-6-21(7-9-22)31-16-15-29-13-11-28-12-14-29;1-6-4(3-5)7-2;/h3-12,19,28,34H,13-18,20H2,1-2H3;1-10,17,28,30H,11-16H2;4H,3H2,1-2H3;1H4. The molecule has 8 aromatic rings. The van der Waals surface area contributed by atoms with E-state index in [1.165, 1.54) is 0 Å². The van der Waals surface area contributed by atoms with Crippen molar-refractivity contribution in [2.24, 2.45) is 0 Å². The summed E-state index contributed by atoms with van der Waals surface area (Å²) in [5, 5.41) is 26.0. The fraction of sp³-hybridized carbons (Fsp3) is 0.344. The number of methoxy groups -OCH3 is 4. The number of phenols is 2. The first-order valence-electron chi connectivity index (χ1n) is 25.9. The second-order valence-electron chi connectivity index (χ2n) is 18.4. The van der Waals surface area contributed by atoms with E-state index in [9.17, 15) is 10.2 Å². The van der Waals surface area contributed by atoms with Crippen LogP contribution in [0.5, 0.6) is 46.0 Å². The lowest BCUT2D eigenvalue weighted by Gasteiger charge is -2.35. The summed E-state index contributed by atoms with van der Waals surface area (Å²) in [6, 6.07) is 42.7. The lowest BCUT2D eigenvalue weighted by atomic mass is 10.1. The molecule has 10 rings (SSSR count). The molecular weight excluding hydrogens is 1250 g/mol. The first-order chi connectivity index (χ1) is 38.5. The first-order valence-corrected chi connectivity index (χ1v) is 30.3. The number of nitrogens with zero attached hydrogens (tertiary/aromatic N) is 3. The number of phenolic OH excluding ortho intramolecular Hbond substituents is 2. The number of rotatable bonds is 21. The molecule has 428 valence electrons. The fourth-order valence-electron chi connectivity index (χ4n) is 8.75. The van der Waals surface area contributed by atoms with E-state index >= 15 is 0 Å². The van der Waals surface area contributed by atoms with Gasteiger partial charge in [-0.15, -0.1) is 22.7 Å². The molecule has 2 aliphatic rings. The van der Waals surface area contributed by atoms with Gasteiger partial charge in [-0.05, 0) is 120 Å². The van der Waals surface area contributed by atoms with Crippen molar-refractivity contribution in [1.82, 2.24) is 20.0 Å². The molecule has 0 aliphatic carbocycles. The van der Waals surface area contributed by atoms with Gasteiger partial charge in [0.15, 0.2) is 24.1 Å². The van der Waals surface area contributed by atoms with Crippen molar-refractivity contribution in [3.8, 4) is 66.9 Å². The number of ether oxygens (including phenoxy) is 8. The van der Waals surface area contributed by atoms with Crippen LogP contribution >= 0.6 is 70.5 Å². The van der Waals surface area contributed by atoms with Crippen molar-refractivity contribution in [3.63, 3.8) is 0 Å². The third-order valence-corrected chi connectivity index (χ3v) is 17.1. The second kappa shape index (κ2) is 32.1. The Bertz CT molecular complexity index is 3090. The van der Waals surface area contributed by atoms with Crippen LogP contribution in [-0.4, -0.2) is 156 Å². The number of alkyl halides is 1. The lowest BCUT2D eigenvalue weighted by molar-refractivity contribution is -0.119. The summed E-state index contributed by atoms with van der Waals surface area (Å²) in [4.78, 5) is 9.25. The van der Waals surface area contributed by atoms with E-state index < -0.39 is 0 Å². The number of fused-ring (bicyclic) bond motifs is 2. The highest BCUT2D eigenvalue weighted by molar-refractivity contribution is 9.10. The van der Waals surface area contributed by atoms with E-state index in [4.69, 9.17) is 37.9 Å². The topological polar surface area (TPSA) is 136 Å². The Labute approximate surface area is 503 Å². The number of hydrogen-bond acceptors (Lipinski definition) is 16. The summed E-state index contributed by atoms with van der Waals surface area (Å²) in [6.07, 6.45) is -0.272. The Morgan fingerprint density at radius 1 is 0.500 bits per heavy atom. The minimum absolute atomic E-state index is 0. The van der Waals surface area contributed by atoms with Crippen LogP contribution in [0.1, 0.15) is 7.43 Å². The second-order valence-corrected chi connectivity index (χ2v) is 23.0. The summed E-state index contributed by atoms with van der Waals surface area (Å²) >= 11 is 13.4. The van der Waals surface area contributed by atoms with Crippen LogP contribution in [0.25, 0.3) is 41.1 Å². The number of hydrogen-bond donors (Lipinski definition) is 3. The Balaban J connectivity index is 0.000000206. The quantitative estimate of drug-likeness (QED) is 0.0465. The van der Waals surface area contributed by atoms with Crippen LogP contribution in [0.4, 0.5) is 0 Å². The maximum Gasteiger partial charge on any atom is 0.169 e. The zero-order valence-corrected chi connectivity index (χ0v) is 51.1. The molecule has 6 aromatic carbocycles. The van der Waals surface area contributed by atoms with Gasteiger partial charge in [-0.25, -0.2) is 0 Å². The minimum Gasteiger partial charge on any atom is -0.508 e. The fourth-order valence-corrected chi connectivity index (χ4v) is 12.1. The monoisotopic (exact) mass is 1320 g/mol. The van der Waals surface area contributed by atoms with E-state index in [1.807, 2.05) is 84.9 Å². The van der Waals surface area contributed by atoms with Gasteiger partial charge in [-0.2, -0.15) is 0 Å². The predicted octanol–water partition coefficient (Wildman–Crippen LogP) is 14.2. The summed E-state index contributed by atoms with van der Waals surface area (Å²) in [5.74, 6) is 5.21. The number of aromatic hydroxyl groups is 2. The molecule has 14 nitrogen and oxygen atoms in total. The van der Waals surface area contributed by atoms with Crippen LogP contribution < -0.4 is 24.3 Å². The molecular formula is C61H71Br3N4O10S2. The average Bonchev–Trinajstić information content (AvgIpc) is 4.05. The zero-order chi connectivity index (χ0) is 55.5. The molecule has 0 unspecified atom stereocenters. The number of piperazine rings is 2. The van der Waals surface area contributed by atoms with Gasteiger partial charge in [0, 0.05) is 130 Å². The van der Waals surface area contributed by atoms with E-state index in [0.29, 0.717) is 13.2 Å². The van der Waals surface area contributed by atoms with Crippen LogP contribution in [0.15, 0.2) is 142 Å². The van der Waals surface area contributed by atoms with E-state index in [0.717, 1.165) is 162 Å². The highest BCUT2D eigenvalue weighted by Crippen LogP contribution is 2.49. The van der Waals surface area contributed by atoms with E-state index in [-0.39, 0.29) is 31.5 Å².